The fraction of sp³-hybridized carbons (Fsp3) is 0. The predicted octanol–water partition coefficient (Wildman–Crippen LogP) is 1.90. The molecule has 0 fully saturated rings. The van der Waals surface area contributed by atoms with Gasteiger partial charge in [-0.15, -0.1) is 11.3 Å². The Morgan fingerprint density at radius 2 is 2.29 bits per heavy atom. The standard InChI is InChI=1S/C9H6N2O2S/c12-9(13)7-5-11-8(14-7)6-2-1-3-10-4-6/h1-5H,(H,12,13). The molecule has 0 radical (unpaired) electrons. The number of pyridine rings is 1. The molecule has 2 aromatic rings. The summed E-state index contributed by atoms with van der Waals surface area (Å²) in [6.07, 6.45) is 4.68. The van der Waals surface area contributed by atoms with Crippen LogP contribution in [0.2, 0.25) is 0 Å². The molecule has 0 aliphatic rings. The van der Waals surface area contributed by atoms with E-state index in [1.165, 1.54) is 6.20 Å². The zero-order chi connectivity index (χ0) is 9.97. The number of carboxylic acids is 1. The lowest BCUT2D eigenvalue weighted by molar-refractivity contribution is 0.0702. The first-order valence-electron chi connectivity index (χ1n) is 3.87. The third kappa shape index (κ3) is 1.62. The Labute approximate surface area is 83.9 Å². The highest BCUT2D eigenvalue weighted by atomic mass is 32.1. The predicted molar refractivity (Wildman–Crippen MR) is 52.3 cm³/mol. The lowest BCUT2D eigenvalue weighted by Gasteiger charge is -1.91. The van der Waals surface area contributed by atoms with E-state index in [1.807, 2.05) is 6.07 Å². The zero-order valence-corrected chi connectivity index (χ0v) is 7.86. The maximum atomic E-state index is 10.6. The van der Waals surface area contributed by atoms with Crippen LogP contribution in [0.4, 0.5) is 0 Å². The molecule has 0 aromatic carbocycles. The van der Waals surface area contributed by atoms with Crippen molar-refractivity contribution in [2.45, 2.75) is 0 Å². The summed E-state index contributed by atoms with van der Waals surface area (Å²) in [6, 6.07) is 3.63. The molecule has 2 heterocycles. The summed E-state index contributed by atoms with van der Waals surface area (Å²) in [7, 11) is 0. The largest absolute Gasteiger partial charge is 0.477 e. The Hall–Kier alpha value is -1.75. The number of rotatable bonds is 2. The molecule has 1 N–H and O–H groups in total. The van der Waals surface area contributed by atoms with Crippen LogP contribution >= 0.6 is 11.3 Å². The third-order valence-corrected chi connectivity index (χ3v) is 2.66. The van der Waals surface area contributed by atoms with Gasteiger partial charge >= 0.3 is 5.97 Å². The van der Waals surface area contributed by atoms with Crippen LogP contribution in [0, 0.1) is 0 Å². The molecule has 70 valence electrons. The molecule has 0 saturated heterocycles. The quantitative estimate of drug-likeness (QED) is 0.815. The summed E-state index contributed by atoms with van der Waals surface area (Å²) >= 11 is 1.14. The van der Waals surface area contributed by atoms with E-state index in [0.29, 0.717) is 5.01 Å². The van der Waals surface area contributed by atoms with Gasteiger partial charge in [-0.25, -0.2) is 9.78 Å². The summed E-state index contributed by atoms with van der Waals surface area (Å²) in [6.45, 7) is 0. The van der Waals surface area contributed by atoms with Gasteiger partial charge in [0.15, 0.2) is 0 Å². The van der Waals surface area contributed by atoms with Crippen molar-refractivity contribution in [2.75, 3.05) is 0 Å². The Morgan fingerprint density at radius 1 is 1.43 bits per heavy atom. The average Bonchev–Trinajstić information content (AvgIpc) is 2.68. The second kappa shape index (κ2) is 3.55. The van der Waals surface area contributed by atoms with Crippen molar-refractivity contribution in [3.05, 3.63) is 35.6 Å². The molecule has 4 nitrogen and oxygen atoms in total. The van der Waals surface area contributed by atoms with Crippen LogP contribution in [-0.4, -0.2) is 21.0 Å². The third-order valence-electron chi connectivity index (χ3n) is 1.62. The molecule has 5 heteroatoms. The van der Waals surface area contributed by atoms with Crippen LogP contribution in [0.3, 0.4) is 0 Å². The van der Waals surface area contributed by atoms with Gasteiger partial charge in [-0.05, 0) is 12.1 Å². The molecule has 0 bridgehead atoms. The molecule has 0 aliphatic carbocycles. The second-order valence-electron chi connectivity index (χ2n) is 2.58. The Kier molecular flexibility index (Phi) is 2.24. The smallest absolute Gasteiger partial charge is 0.347 e. The number of nitrogens with zero attached hydrogens (tertiary/aromatic N) is 2. The maximum absolute atomic E-state index is 10.6. The van der Waals surface area contributed by atoms with E-state index >= 15 is 0 Å². The minimum Gasteiger partial charge on any atom is -0.477 e. The van der Waals surface area contributed by atoms with E-state index in [9.17, 15) is 4.79 Å². The Balaban J connectivity index is 2.39. The van der Waals surface area contributed by atoms with Gasteiger partial charge < -0.3 is 5.11 Å². The van der Waals surface area contributed by atoms with E-state index < -0.39 is 5.97 Å². The maximum Gasteiger partial charge on any atom is 0.347 e. The van der Waals surface area contributed by atoms with Crippen LogP contribution in [0.25, 0.3) is 10.6 Å². The van der Waals surface area contributed by atoms with Gasteiger partial charge in [0.25, 0.3) is 0 Å². The zero-order valence-electron chi connectivity index (χ0n) is 7.04. The fourth-order valence-electron chi connectivity index (χ4n) is 0.996. The summed E-state index contributed by atoms with van der Waals surface area (Å²) in [4.78, 5) is 18.8. The average molecular weight is 206 g/mol. The van der Waals surface area contributed by atoms with Crippen molar-refractivity contribution in [3.8, 4) is 10.6 Å². The highest BCUT2D eigenvalue weighted by molar-refractivity contribution is 7.16. The minimum absolute atomic E-state index is 0.240. The molecule has 0 aliphatic heterocycles. The lowest BCUT2D eigenvalue weighted by Crippen LogP contribution is -1.89. The van der Waals surface area contributed by atoms with Gasteiger partial charge in [0.05, 0.1) is 6.20 Å². The van der Waals surface area contributed by atoms with Crippen molar-refractivity contribution in [3.63, 3.8) is 0 Å². The van der Waals surface area contributed by atoms with E-state index in [1.54, 1.807) is 18.5 Å². The number of thiazole rings is 1. The first-order chi connectivity index (χ1) is 6.77. The fourth-order valence-corrected chi connectivity index (χ4v) is 1.74. The van der Waals surface area contributed by atoms with E-state index in [2.05, 4.69) is 9.97 Å². The first kappa shape index (κ1) is 8.83. The van der Waals surface area contributed by atoms with Crippen molar-refractivity contribution >= 4 is 17.3 Å². The van der Waals surface area contributed by atoms with E-state index in [0.717, 1.165) is 16.9 Å². The monoisotopic (exact) mass is 206 g/mol. The molecule has 0 saturated carbocycles. The van der Waals surface area contributed by atoms with E-state index in [-0.39, 0.29) is 4.88 Å². The molecule has 0 amide bonds. The first-order valence-corrected chi connectivity index (χ1v) is 4.68. The van der Waals surface area contributed by atoms with Gasteiger partial charge in [0.1, 0.15) is 9.88 Å². The van der Waals surface area contributed by atoms with Gasteiger partial charge in [0.2, 0.25) is 0 Å². The van der Waals surface area contributed by atoms with Crippen LogP contribution in [0.15, 0.2) is 30.7 Å². The van der Waals surface area contributed by atoms with Crippen molar-refractivity contribution in [1.82, 2.24) is 9.97 Å². The second-order valence-corrected chi connectivity index (χ2v) is 3.61. The van der Waals surface area contributed by atoms with Gasteiger partial charge in [-0.1, -0.05) is 0 Å². The van der Waals surface area contributed by atoms with Crippen LogP contribution in [0.5, 0.6) is 0 Å². The molecule has 0 unspecified atom stereocenters. The van der Waals surface area contributed by atoms with Crippen molar-refractivity contribution < 1.29 is 9.90 Å². The summed E-state index contributed by atoms with van der Waals surface area (Å²) in [5.74, 6) is -0.947. The van der Waals surface area contributed by atoms with Gasteiger partial charge in [0, 0.05) is 18.0 Å². The molecular weight excluding hydrogens is 200 g/mol. The molecule has 2 aromatic heterocycles. The van der Waals surface area contributed by atoms with Crippen LogP contribution in [0.1, 0.15) is 9.67 Å². The molecule has 2 rings (SSSR count). The number of hydrogen-bond donors (Lipinski definition) is 1. The summed E-state index contributed by atoms with van der Waals surface area (Å²) in [5.41, 5.74) is 0.838. The highest BCUT2D eigenvalue weighted by Gasteiger charge is 2.09. The number of aromatic nitrogens is 2. The van der Waals surface area contributed by atoms with Crippen LogP contribution in [-0.2, 0) is 0 Å². The number of carbonyl (C=O) groups is 1. The lowest BCUT2D eigenvalue weighted by atomic mass is 10.3. The summed E-state index contributed by atoms with van der Waals surface area (Å²) in [5, 5.41) is 9.38. The summed E-state index contributed by atoms with van der Waals surface area (Å²) < 4.78 is 0. The minimum atomic E-state index is -0.947. The topological polar surface area (TPSA) is 63.1 Å². The molecule has 14 heavy (non-hydrogen) atoms. The Bertz CT molecular complexity index is 453. The molecular formula is C9H6N2O2S. The normalized spacial score (nSPS) is 10.0. The number of aromatic carboxylic acids is 1. The Morgan fingerprint density at radius 3 is 2.86 bits per heavy atom. The number of hydrogen-bond acceptors (Lipinski definition) is 4. The molecule has 0 spiro atoms. The van der Waals surface area contributed by atoms with E-state index in [4.69, 9.17) is 5.11 Å². The number of carboxylic acid groups (broad SMARTS) is 1. The van der Waals surface area contributed by atoms with Crippen LogP contribution < -0.4 is 0 Å². The van der Waals surface area contributed by atoms with Gasteiger partial charge in [-0.3, -0.25) is 4.98 Å². The van der Waals surface area contributed by atoms with Gasteiger partial charge in [-0.2, -0.15) is 0 Å². The van der Waals surface area contributed by atoms with Crippen molar-refractivity contribution in [1.29, 1.82) is 0 Å². The molecule has 0 atom stereocenters. The highest BCUT2D eigenvalue weighted by Crippen LogP contribution is 2.23. The van der Waals surface area contributed by atoms with Crippen molar-refractivity contribution in [2.24, 2.45) is 0 Å². The SMILES string of the molecule is O=C(O)c1cnc(-c2cccnc2)s1.